The summed E-state index contributed by atoms with van der Waals surface area (Å²) in [4.78, 5) is 0. The molecule has 0 nitrogen and oxygen atoms in total. The molecule has 0 unspecified atom stereocenters. The van der Waals surface area contributed by atoms with Crippen molar-refractivity contribution in [1.82, 2.24) is 0 Å². The lowest BCUT2D eigenvalue weighted by molar-refractivity contribution is 0.666. The minimum absolute atomic E-state index is 0.0410. The van der Waals surface area contributed by atoms with Crippen LogP contribution in [0.4, 0.5) is 0 Å². The van der Waals surface area contributed by atoms with Gasteiger partial charge in [0.15, 0.2) is 0 Å². The maximum atomic E-state index is 6.72. The molecule has 0 spiro atoms. The van der Waals surface area contributed by atoms with Crippen LogP contribution in [0.1, 0.15) is 25.0 Å². The molecule has 0 saturated carbocycles. The summed E-state index contributed by atoms with van der Waals surface area (Å²) >= 11 is 6.72. The van der Waals surface area contributed by atoms with Crippen molar-refractivity contribution in [3.63, 3.8) is 0 Å². The highest BCUT2D eigenvalue weighted by Gasteiger charge is 2.37. The Kier molecular flexibility index (Phi) is 4.28. The first-order chi connectivity index (χ1) is 15.6. The summed E-state index contributed by atoms with van der Waals surface area (Å²) in [5, 5.41) is 3.43. The van der Waals surface area contributed by atoms with E-state index >= 15 is 0 Å². The van der Waals surface area contributed by atoms with E-state index in [1.807, 2.05) is 18.2 Å². The number of fused-ring (bicyclic) bond motifs is 5. The zero-order valence-electron chi connectivity index (χ0n) is 18.2. The van der Waals surface area contributed by atoms with Crippen LogP contribution < -0.4 is 0 Å². The van der Waals surface area contributed by atoms with Crippen molar-refractivity contribution in [2.45, 2.75) is 19.3 Å². The van der Waals surface area contributed by atoms with Crippen molar-refractivity contribution in [3.05, 3.63) is 119 Å². The van der Waals surface area contributed by atoms with Crippen molar-refractivity contribution < 1.29 is 0 Å². The highest BCUT2D eigenvalue weighted by Crippen LogP contribution is 2.52. The number of hydrogen-bond acceptors (Lipinski definition) is 0. The molecule has 6 rings (SSSR count). The third-order valence-corrected chi connectivity index (χ3v) is 7.24. The zero-order chi connectivity index (χ0) is 21.9. The van der Waals surface area contributed by atoms with Crippen molar-refractivity contribution >= 4 is 22.4 Å². The van der Waals surface area contributed by atoms with E-state index in [2.05, 4.69) is 98.8 Å². The maximum absolute atomic E-state index is 6.72. The lowest BCUT2D eigenvalue weighted by Crippen LogP contribution is -2.15. The fourth-order valence-corrected chi connectivity index (χ4v) is 5.73. The molecule has 0 aromatic heterocycles. The van der Waals surface area contributed by atoms with E-state index in [1.165, 1.54) is 44.2 Å². The first kappa shape index (κ1) is 19.3. The summed E-state index contributed by atoms with van der Waals surface area (Å²) in [5.41, 5.74) is 10.0. The van der Waals surface area contributed by atoms with Gasteiger partial charge in [0.1, 0.15) is 0 Å². The molecule has 0 bridgehead atoms. The Hall–Kier alpha value is -3.35. The van der Waals surface area contributed by atoms with Gasteiger partial charge in [0.05, 0.1) is 0 Å². The van der Waals surface area contributed by atoms with Crippen LogP contribution in [0.2, 0.25) is 5.02 Å². The quantitative estimate of drug-likeness (QED) is 0.262. The summed E-state index contributed by atoms with van der Waals surface area (Å²) in [6.07, 6.45) is 0. The molecular weight excluding hydrogens is 408 g/mol. The fraction of sp³-hybridized carbons (Fsp3) is 0.0968. The standard InChI is InChI=1S/C31H23Cl/c1-31(2)27-18-16-22(23-13-8-14-28(32)29(23)21-10-4-3-5-11-21)19-26(27)25-17-15-20-9-6-7-12-24(20)30(25)31/h3-19H,1-2H3. The Balaban J connectivity index is 1.60. The van der Waals surface area contributed by atoms with Gasteiger partial charge in [-0.3, -0.25) is 0 Å². The van der Waals surface area contributed by atoms with Gasteiger partial charge in [-0.15, -0.1) is 0 Å². The van der Waals surface area contributed by atoms with E-state index in [0.717, 1.165) is 16.1 Å². The first-order valence-corrected chi connectivity index (χ1v) is 11.4. The van der Waals surface area contributed by atoms with E-state index in [9.17, 15) is 0 Å². The monoisotopic (exact) mass is 430 g/mol. The summed E-state index contributed by atoms with van der Waals surface area (Å²) in [6, 6.07) is 36.8. The number of rotatable bonds is 2. The summed E-state index contributed by atoms with van der Waals surface area (Å²) < 4.78 is 0. The zero-order valence-corrected chi connectivity index (χ0v) is 18.9. The molecule has 0 saturated heterocycles. The molecule has 0 atom stereocenters. The number of hydrogen-bond donors (Lipinski definition) is 0. The molecule has 0 amide bonds. The largest absolute Gasteiger partial charge is 0.0836 e. The van der Waals surface area contributed by atoms with Gasteiger partial charge in [0, 0.05) is 16.0 Å². The number of halogens is 1. The second-order valence-electron chi connectivity index (χ2n) is 9.12. The third kappa shape index (κ3) is 2.76. The van der Waals surface area contributed by atoms with Crippen LogP contribution in [0.3, 0.4) is 0 Å². The van der Waals surface area contributed by atoms with Crippen LogP contribution in [0.25, 0.3) is 44.2 Å². The van der Waals surface area contributed by atoms with Crippen LogP contribution >= 0.6 is 11.6 Å². The lowest BCUT2D eigenvalue weighted by Gasteiger charge is -2.23. The normalized spacial score (nSPS) is 13.7. The van der Waals surface area contributed by atoms with E-state index in [1.54, 1.807) is 0 Å². The van der Waals surface area contributed by atoms with Crippen LogP contribution in [-0.4, -0.2) is 0 Å². The van der Waals surface area contributed by atoms with Crippen LogP contribution in [-0.2, 0) is 5.41 Å². The molecule has 5 aromatic carbocycles. The predicted molar refractivity (Wildman–Crippen MR) is 137 cm³/mol. The average Bonchev–Trinajstić information content (AvgIpc) is 3.06. The molecule has 0 heterocycles. The maximum Gasteiger partial charge on any atom is 0.0490 e. The van der Waals surface area contributed by atoms with Gasteiger partial charge in [0.25, 0.3) is 0 Å². The average molecular weight is 431 g/mol. The van der Waals surface area contributed by atoms with Crippen molar-refractivity contribution in [2.24, 2.45) is 0 Å². The van der Waals surface area contributed by atoms with Crippen molar-refractivity contribution in [1.29, 1.82) is 0 Å². The molecule has 1 heteroatoms. The Morgan fingerprint density at radius 3 is 2.22 bits per heavy atom. The first-order valence-electron chi connectivity index (χ1n) is 11.1. The molecule has 154 valence electrons. The minimum Gasteiger partial charge on any atom is -0.0836 e. The van der Waals surface area contributed by atoms with E-state index in [4.69, 9.17) is 11.6 Å². The van der Waals surface area contributed by atoms with Gasteiger partial charge in [0.2, 0.25) is 0 Å². The molecule has 0 radical (unpaired) electrons. The molecule has 5 aromatic rings. The Morgan fingerprint density at radius 2 is 1.38 bits per heavy atom. The predicted octanol–water partition coefficient (Wildman–Crippen LogP) is 9.13. The summed E-state index contributed by atoms with van der Waals surface area (Å²) in [6.45, 7) is 4.69. The van der Waals surface area contributed by atoms with Gasteiger partial charge in [-0.25, -0.2) is 0 Å². The van der Waals surface area contributed by atoms with E-state index < -0.39 is 0 Å². The van der Waals surface area contributed by atoms with Gasteiger partial charge >= 0.3 is 0 Å². The molecule has 1 aliphatic rings. The van der Waals surface area contributed by atoms with Gasteiger partial charge in [-0.2, -0.15) is 0 Å². The van der Waals surface area contributed by atoms with E-state index in [0.29, 0.717) is 0 Å². The van der Waals surface area contributed by atoms with E-state index in [-0.39, 0.29) is 5.41 Å². The molecule has 32 heavy (non-hydrogen) atoms. The van der Waals surface area contributed by atoms with Crippen molar-refractivity contribution in [2.75, 3.05) is 0 Å². The molecule has 1 aliphatic carbocycles. The second-order valence-corrected chi connectivity index (χ2v) is 9.53. The lowest BCUT2D eigenvalue weighted by atomic mass is 9.80. The van der Waals surface area contributed by atoms with Gasteiger partial charge in [-0.1, -0.05) is 116 Å². The molecule has 0 fully saturated rings. The highest BCUT2D eigenvalue weighted by atomic mass is 35.5. The fourth-order valence-electron chi connectivity index (χ4n) is 5.45. The highest BCUT2D eigenvalue weighted by molar-refractivity contribution is 6.34. The molecule has 0 N–H and O–H groups in total. The Morgan fingerprint density at radius 1 is 0.594 bits per heavy atom. The van der Waals surface area contributed by atoms with Crippen LogP contribution in [0, 0.1) is 0 Å². The summed E-state index contributed by atoms with van der Waals surface area (Å²) in [5.74, 6) is 0. The SMILES string of the molecule is CC1(C)c2ccc(-c3cccc(Cl)c3-c3ccccc3)cc2-c2ccc3ccccc3c21. The van der Waals surface area contributed by atoms with Crippen molar-refractivity contribution in [3.8, 4) is 33.4 Å². The summed E-state index contributed by atoms with van der Waals surface area (Å²) in [7, 11) is 0. The number of benzene rings is 5. The Labute approximate surface area is 194 Å². The second kappa shape index (κ2) is 7.08. The smallest absolute Gasteiger partial charge is 0.0490 e. The Bertz CT molecular complexity index is 1490. The minimum atomic E-state index is -0.0410. The molecule has 0 aliphatic heterocycles. The van der Waals surface area contributed by atoms with Crippen LogP contribution in [0.15, 0.2) is 103 Å². The molecular formula is C31H23Cl. The van der Waals surface area contributed by atoms with Crippen LogP contribution in [0.5, 0.6) is 0 Å². The topological polar surface area (TPSA) is 0 Å². The third-order valence-electron chi connectivity index (χ3n) is 6.92. The van der Waals surface area contributed by atoms with Gasteiger partial charge in [-0.05, 0) is 61.8 Å². The van der Waals surface area contributed by atoms with Gasteiger partial charge < -0.3 is 0 Å².